The molecule has 1 aliphatic rings. The number of rotatable bonds is 6. The molecule has 0 radical (unpaired) electrons. The number of carbonyl (C=O) groups is 1. The van der Waals surface area contributed by atoms with Gasteiger partial charge in [0.25, 0.3) is 0 Å². The highest BCUT2D eigenvalue weighted by Gasteiger charge is 2.19. The number of likely N-dealkylation sites (N-methyl/N-ethyl adjacent to an activating group) is 1. The summed E-state index contributed by atoms with van der Waals surface area (Å²) < 4.78 is 5.38. The quantitative estimate of drug-likeness (QED) is 0.840. The third-order valence-corrected chi connectivity index (χ3v) is 3.77. The summed E-state index contributed by atoms with van der Waals surface area (Å²) >= 11 is 0. The number of halogens is 1. The van der Waals surface area contributed by atoms with Crippen molar-refractivity contribution < 1.29 is 9.53 Å². The number of anilines is 1. The van der Waals surface area contributed by atoms with E-state index in [9.17, 15) is 4.79 Å². The highest BCUT2D eigenvalue weighted by atomic mass is 35.5. The first-order valence-corrected chi connectivity index (χ1v) is 7.62. The van der Waals surface area contributed by atoms with Gasteiger partial charge in [0.2, 0.25) is 5.91 Å². The van der Waals surface area contributed by atoms with Crippen LogP contribution in [0.3, 0.4) is 0 Å². The summed E-state index contributed by atoms with van der Waals surface area (Å²) in [4.78, 5) is 14.2. The molecule has 1 aromatic carbocycles. The lowest BCUT2D eigenvalue weighted by Crippen LogP contribution is -2.44. The number of amides is 1. The van der Waals surface area contributed by atoms with Crippen LogP contribution >= 0.6 is 12.4 Å². The molecule has 1 aromatic rings. The van der Waals surface area contributed by atoms with Crippen molar-refractivity contribution in [3.05, 3.63) is 24.3 Å². The number of ether oxygens (including phenoxy) is 1. The number of nitrogens with zero attached hydrogens (tertiary/aromatic N) is 1. The summed E-state index contributed by atoms with van der Waals surface area (Å²) in [5.41, 5.74) is 0.808. The van der Waals surface area contributed by atoms with Crippen molar-refractivity contribution in [2.45, 2.75) is 25.8 Å². The molecular weight excluding hydrogens is 302 g/mol. The van der Waals surface area contributed by atoms with E-state index in [2.05, 4.69) is 15.5 Å². The fourth-order valence-corrected chi connectivity index (χ4v) is 2.60. The van der Waals surface area contributed by atoms with Gasteiger partial charge in [0.05, 0.1) is 13.2 Å². The molecule has 124 valence electrons. The molecule has 1 saturated heterocycles. The molecule has 1 aliphatic heterocycles. The maximum Gasteiger partial charge on any atom is 0.238 e. The molecule has 0 spiro atoms. The second-order valence-electron chi connectivity index (χ2n) is 5.40. The van der Waals surface area contributed by atoms with Gasteiger partial charge < -0.3 is 15.4 Å². The van der Waals surface area contributed by atoms with Gasteiger partial charge in [-0.15, -0.1) is 12.4 Å². The summed E-state index contributed by atoms with van der Waals surface area (Å²) in [6.45, 7) is 5.10. The van der Waals surface area contributed by atoms with E-state index in [1.807, 2.05) is 38.2 Å². The minimum atomic E-state index is 0. The van der Waals surface area contributed by atoms with Crippen LogP contribution in [0, 0.1) is 0 Å². The molecule has 1 fully saturated rings. The Morgan fingerprint density at radius 2 is 1.95 bits per heavy atom. The van der Waals surface area contributed by atoms with E-state index < -0.39 is 0 Å². The van der Waals surface area contributed by atoms with Crippen LogP contribution < -0.4 is 15.4 Å². The van der Waals surface area contributed by atoms with E-state index in [-0.39, 0.29) is 18.3 Å². The smallest absolute Gasteiger partial charge is 0.238 e. The average Bonchev–Trinajstić information content (AvgIpc) is 2.50. The normalized spacial score (nSPS) is 15.2. The summed E-state index contributed by atoms with van der Waals surface area (Å²) in [6.07, 6.45) is 2.21. The predicted molar refractivity (Wildman–Crippen MR) is 92.0 cm³/mol. The molecule has 22 heavy (non-hydrogen) atoms. The van der Waals surface area contributed by atoms with Crippen LogP contribution in [0.25, 0.3) is 0 Å². The molecule has 0 aromatic heterocycles. The molecule has 0 atom stereocenters. The molecule has 6 heteroatoms. The van der Waals surface area contributed by atoms with Crippen LogP contribution in [0.2, 0.25) is 0 Å². The number of piperidine rings is 1. The number of nitrogens with one attached hydrogen (secondary N) is 2. The van der Waals surface area contributed by atoms with Crippen molar-refractivity contribution in [3.8, 4) is 5.75 Å². The zero-order valence-corrected chi connectivity index (χ0v) is 14.1. The van der Waals surface area contributed by atoms with Crippen LogP contribution in [0.4, 0.5) is 5.69 Å². The zero-order chi connectivity index (χ0) is 15.1. The van der Waals surface area contributed by atoms with Gasteiger partial charge in [0.15, 0.2) is 0 Å². The Morgan fingerprint density at radius 3 is 2.55 bits per heavy atom. The van der Waals surface area contributed by atoms with Crippen molar-refractivity contribution in [1.82, 2.24) is 10.2 Å². The number of carbonyl (C=O) groups excluding carboxylic acids is 1. The Bertz CT molecular complexity index is 447. The summed E-state index contributed by atoms with van der Waals surface area (Å²) in [5, 5.41) is 6.27. The Balaban J connectivity index is 0.00000242. The lowest BCUT2D eigenvalue weighted by molar-refractivity contribution is -0.117. The van der Waals surface area contributed by atoms with E-state index >= 15 is 0 Å². The first-order chi connectivity index (χ1) is 10.2. The predicted octanol–water partition coefficient (Wildman–Crippen LogP) is 2.13. The SMILES string of the molecule is CCOc1ccc(NC(=O)CN(C)C2CCNCC2)cc1.Cl. The summed E-state index contributed by atoms with van der Waals surface area (Å²) in [6, 6.07) is 7.98. The molecule has 5 nitrogen and oxygen atoms in total. The molecule has 0 saturated carbocycles. The first kappa shape index (κ1) is 18.7. The maximum atomic E-state index is 12.1. The van der Waals surface area contributed by atoms with Crippen molar-refractivity contribution in [3.63, 3.8) is 0 Å². The van der Waals surface area contributed by atoms with Crippen LogP contribution in [-0.2, 0) is 4.79 Å². The van der Waals surface area contributed by atoms with Gasteiger partial charge in [-0.1, -0.05) is 0 Å². The molecule has 0 bridgehead atoms. The lowest BCUT2D eigenvalue weighted by Gasteiger charge is -2.31. The van der Waals surface area contributed by atoms with E-state index in [4.69, 9.17) is 4.74 Å². The molecule has 0 aliphatic carbocycles. The molecule has 2 rings (SSSR count). The molecule has 1 heterocycles. The maximum absolute atomic E-state index is 12.1. The molecule has 0 unspecified atom stereocenters. The zero-order valence-electron chi connectivity index (χ0n) is 13.3. The largest absolute Gasteiger partial charge is 0.494 e. The van der Waals surface area contributed by atoms with Crippen LogP contribution in [0.5, 0.6) is 5.75 Å². The van der Waals surface area contributed by atoms with Gasteiger partial charge >= 0.3 is 0 Å². The Morgan fingerprint density at radius 1 is 1.32 bits per heavy atom. The summed E-state index contributed by atoms with van der Waals surface area (Å²) in [7, 11) is 2.02. The minimum absolute atomic E-state index is 0. The highest BCUT2D eigenvalue weighted by Crippen LogP contribution is 2.16. The average molecular weight is 328 g/mol. The van der Waals surface area contributed by atoms with Crippen molar-refractivity contribution in [2.75, 3.05) is 38.6 Å². The third-order valence-electron chi connectivity index (χ3n) is 3.77. The highest BCUT2D eigenvalue weighted by molar-refractivity contribution is 5.92. The molecular formula is C16H26ClN3O2. The standard InChI is InChI=1S/C16H25N3O2.ClH/c1-3-21-15-6-4-13(5-7-15)18-16(20)12-19(2)14-8-10-17-11-9-14;/h4-7,14,17H,3,8-12H2,1-2H3,(H,18,20);1H. The molecule has 1 amide bonds. The Kier molecular flexibility index (Phi) is 8.24. The van der Waals surface area contributed by atoms with Crippen molar-refractivity contribution in [1.29, 1.82) is 0 Å². The van der Waals surface area contributed by atoms with Gasteiger partial charge in [0, 0.05) is 11.7 Å². The fourth-order valence-electron chi connectivity index (χ4n) is 2.60. The van der Waals surface area contributed by atoms with Gasteiger partial charge in [-0.05, 0) is 64.2 Å². The Hall–Kier alpha value is -1.30. The van der Waals surface area contributed by atoms with Crippen LogP contribution in [0.1, 0.15) is 19.8 Å². The van der Waals surface area contributed by atoms with Gasteiger partial charge in [-0.2, -0.15) is 0 Å². The number of benzene rings is 1. The van der Waals surface area contributed by atoms with Gasteiger partial charge in [-0.3, -0.25) is 9.69 Å². The van der Waals surface area contributed by atoms with E-state index in [1.165, 1.54) is 0 Å². The van der Waals surface area contributed by atoms with Crippen molar-refractivity contribution >= 4 is 24.0 Å². The van der Waals surface area contributed by atoms with Crippen LogP contribution in [0.15, 0.2) is 24.3 Å². The minimum Gasteiger partial charge on any atom is -0.494 e. The van der Waals surface area contributed by atoms with Crippen LogP contribution in [-0.4, -0.2) is 50.1 Å². The van der Waals surface area contributed by atoms with Gasteiger partial charge in [-0.25, -0.2) is 0 Å². The Labute approximate surface area is 138 Å². The lowest BCUT2D eigenvalue weighted by atomic mass is 10.1. The molecule has 2 N–H and O–H groups in total. The van der Waals surface area contributed by atoms with Gasteiger partial charge in [0.1, 0.15) is 5.75 Å². The topological polar surface area (TPSA) is 53.6 Å². The number of hydrogen-bond acceptors (Lipinski definition) is 4. The van der Waals surface area contributed by atoms with Crippen molar-refractivity contribution in [2.24, 2.45) is 0 Å². The number of hydrogen-bond donors (Lipinski definition) is 2. The monoisotopic (exact) mass is 327 g/mol. The first-order valence-electron chi connectivity index (χ1n) is 7.62. The second-order valence-corrected chi connectivity index (χ2v) is 5.40. The van der Waals surface area contributed by atoms with E-state index in [1.54, 1.807) is 0 Å². The second kappa shape index (κ2) is 9.66. The summed E-state index contributed by atoms with van der Waals surface area (Å²) in [5.74, 6) is 0.850. The van der Waals surface area contributed by atoms with E-state index in [0.29, 0.717) is 19.2 Å². The fraction of sp³-hybridized carbons (Fsp3) is 0.562. The third kappa shape index (κ3) is 5.83. The van der Waals surface area contributed by atoms with E-state index in [0.717, 1.165) is 37.4 Å².